The van der Waals surface area contributed by atoms with E-state index in [4.69, 9.17) is 27.9 Å². The first-order valence-corrected chi connectivity index (χ1v) is 12.0. The highest BCUT2D eigenvalue weighted by Gasteiger charge is 2.36. The summed E-state index contributed by atoms with van der Waals surface area (Å²) in [4.78, 5) is 26.6. The number of rotatable bonds is 6. The summed E-state index contributed by atoms with van der Waals surface area (Å²) in [7, 11) is 0. The Morgan fingerprint density at radius 2 is 1.82 bits per heavy atom. The van der Waals surface area contributed by atoms with Crippen molar-refractivity contribution in [1.82, 2.24) is 4.90 Å². The van der Waals surface area contributed by atoms with Gasteiger partial charge in [0.1, 0.15) is 18.2 Å². The molecule has 168 valence electrons. The van der Waals surface area contributed by atoms with Gasteiger partial charge in [-0.25, -0.2) is 4.39 Å². The van der Waals surface area contributed by atoms with E-state index >= 15 is 0 Å². The summed E-state index contributed by atoms with van der Waals surface area (Å²) in [6, 6.07) is 16.9. The molecule has 0 spiro atoms. The summed E-state index contributed by atoms with van der Waals surface area (Å²) in [6.45, 7) is 0.0544. The highest BCUT2D eigenvalue weighted by Crippen LogP contribution is 2.36. The van der Waals surface area contributed by atoms with E-state index in [0.29, 0.717) is 22.9 Å². The smallest absolute Gasteiger partial charge is 0.293 e. The molecule has 0 aliphatic carbocycles. The second-order valence-electron chi connectivity index (χ2n) is 7.07. The molecule has 4 nitrogen and oxygen atoms in total. The van der Waals surface area contributed by atoms with Crippen LogP contribution in [0.4, 0.5) is 9.18 Å². The van der Waals surface area contributed by atoms with Crippen LogP contribution in [0.1, 0.15) is 16.7 Å². The minimum Gasteiger partial charge on any atom is -0.488 e. The van der Waals surface area contributed by atoms with Gasteiger partial charge in [0.05, 0.1) is 11.4 Å². The van der Waals surface area contributed by atoms with E-state index in [1.165, 1.54) is 18.2 Å². The van der Waals surface area contributed by atoms with Crippen LogP contribution < -0.4 is 4.74 Å². The molecule has 0 radical (unpaired) electrons. The van der Waals surface area contributed by atoms with E-state index in [1.54, 1.807) is 30.3 Å². The lowest BCUT2D eigenvalue weighted by Gasteiger charge is -2.14. The van der Waals surface area contributed by atoms with Gasteiger partial charge in [-0.1, -0.05) is 57.3 Å². The number of benzene rings is 3. The number of ether oxygens (including phenoxy) is 1. The molecule has 1 aliphatic rings. The zero-order chi connectivity index (χ0) is 23.5. The molecule has 4 rings (SSSR count). The Bertz CT molecular complexity index is 1250. The predicted octanol–water partition coefficient (Wildman–Crippen LogP) is 7.71. The average molecular weight is 567 g/mol. The Morgan fingerprint density at radius 1 is 1.06 bits per heavy atom. The largest absolute Gasteiger partial charge is 0.488 e. The molecule has 0 atom stereocenters. The molecule has 0 unspecified atom stereocenters. The lowest BCUT2D eigenvalue weighted by Crippen LogP contribution is -2.28. The van der Waals surface area contributed by atoms with Crippen LogP contribution in [-0.2, 0) is 17.9 Å². The summed E-state index contributed by atoms with van der Waals surface area (Å²) in [5.74, 6) is -0.555. The van der Waals surface area contributed by atoms with E-state index in [0.717, 1.165) is 26.7 Å². The quantitative estimate of drug-likeness (QED) is 0.287. The number of halogens is 4. The normalized spacial score (nSPS) is 14.9. The topological polar surface area (TPSA) is 46.6 Å². The third kappa shape index (κ3) is 5.61. The number of amides is 2. The molecule has 1 fully saturated rings. The Hall–Kier alpha value is -2.32. The second kappa shape index (κ2) is 10.3. The summed E-state index contributed by atoms with van der Waals surface area (Å²) in [6.07, 6.45) is 1.59. The number of thioether (sulfide) groups is 1. The third-order valence-electron chi connectivity index (χ3n) is 4.82. The number of hydrogen-bond donors (Lipinski definition) is 0. The van der Waals surface area contributed by atoms with E-state index in [2.05, 4.69) is 15.9 Å². The number of carbonyl (C=O) groups excluding carboxylic acids is 2. The van der Waals surface area contributed by atoms with Crippen LogP contribution in [0.25, 0.3) is 6.08 Å². The van der Waals surface area contributed by atoms with Crippen molar-refractivity contribution in [3.63, 3.8) is 0 Å². The fourth-order valence-corrected chi connectivity index (χ4v) is 4.68. The van der Waals surface area contributed by atoms with Gasteiger partial charge in [0, 0.05) is 25.6 Å². The summed E-state index contributed by atoms with van der Waals surface area (Å²) in [5, 5.41) is 0.294. The second-order valence-corrected chi connectivity index (χ2v) is 9.82. The fourth-order valence-electron chi connectivity index (χ4n) is 3.12. The average Bonchev–Trinajstić information content (AvgIpc) is 3.04. The van der Waals surface area contributed by atoms with Crippen molar-refractivity contribution >= 4 is 68.1 Å². The minimum absolute atomic E-state index is 0.0946. The lowest BCUT2D eigenvalue weighted by molar-refractivity contribution is -0.123. The molecule has 2 amide bonds. The fraction of sp³-hybridized carbons (Fsp3) is 0.0833. The summed E-state index contributed by atoms with van der Waals surface area (Å²) in [5.41, 5.74) is 1.64. The predicted molar refractivity (Wildman–Crippen MR) is 133 cm³/mol. The van der Waals surface area contributed by atoms with Gasteiger partial charge in [-0.2, -0.15) is 0 Å². The molecule has 1 heterocycles. The Kier molecular flexibility index (Phi) is 7.44. The maximum atomic E-state index is 14.2. The van der Waals surface area contributed by atoms with Crippen molar-refractivity contribution in [2.45, 2.75) is 13.2 Å². The molecule has 1 saturated heterocycles. The molecule has 9 heteroatoms. The molecule has 3 aromatic carbocycles. The number of imide groups is 1. The molecule has 0 aromatic heterocycles. The Morgan fingerprint density at radius 3 is 2.55 bits per heavy atom. The molecule has 0 N–H and O–H groups in total. The first kappa shape index (κ1) is 23.8. The van der Waals surface area contributed by atoms with Crippen LogP contribution >= 0.6 is 50.9 Å². The van der Waals surface area contributed by atoms with Crippen LogP contribution in [0.15, 0.2) is 70.0 Å². The zero-order valence-electron chi connectivity index (χ0n) is 16.9. The van der Waals surface area contributed by atoms with Crippen LogP contribution in [0.3, 0.4) is 0 Å². The van der Waals surface area contributed by atoms with Gasteiger partial charge in [0.15, 0.2) is 0 Å². The lowest BCUT2D eigenvalue weighted by atomic mass is 10.1. The molecule has 0 bridgehead atoms. The monoisotopic (exact) mass is 565 g/mol. The van der Waals surface area contributed by atoms with Gasteiger partial charge in [-0.3, -0.25) is 14.5 Å². The first-order chi connectivity index (χ1) is 15.8. The Labute approximate surface area is 212 Å². The molecular weight excluding hydrogens is 552 g/mol. The minimum atomic E-state index is -0.574. The van der Waals surface area contributed by atoms with Crippen LogP contribution in [0.2, 0.25) is 10.0 Å². The summed E-state index contributed by atoms with van der Waals surface area (Å²) < 4.78 is 20.9. The standard InChI is InChI=1S/C24H15BrCl2FNO3S/c25-16-6-9-21(32-13-14-4-7-17(26)8-5-14)15(10-16)11-22-23(30)29(24(31)33-22)12-18-19(27)2-1-3-20(18)28/h1-11H,12-13H2/b22-11-. The molecule has 0 saturated carbocycles. The number of carbonyl (C=O) groups is 2. The van der Waals surface area contributed by atoms with Crippen molar-refractivity contribution in [3.05, 3.63) is 103 Å². The van der Waals surface area contributed by atoms with Crippen molar-refractivity contribution in [2.75, 3.05) is 0 Å². The summed E-state index contributed by atoms with van der Waals surface area (Å²) >= 11 is 16.2. The van der Waals surface area contributed by atoms with Gasteiger partial charge in [0.2, 0.25) is 0 Å². The highest BCUT2D eigenvalue weighted by molar-refractivity contribution is 9.10. The molecular formula is C24H15BrCl2FNO3S. The molecule has 1 aliphatic heterocycles. The highest BCUT2D eigenvalue weighted by atomic mass is 79.9. The maximum Gasteiger partial charge on any atom is 0.293 e. The SMILES string of the molecule is O=C1S/C(=C\c2cc(Br)ccc2OCc2ccc(Cl)cc2)C(=O)N1Cc1c(F)cccc1Cl. The maximum absolute atomic E-state index is 14.2. The van der Waals surface area contributed by atoms with Gasteiger partial charge in [-0.15, -0.1) is 0 Å². The third-order valence-corrected chi connectivity index (χ3v) is 6.82. The van der Waals surface area contributed by atoms with E-state index in [-0.39, 0.29) is 22.0 Å². The van der Waals surface area contributed by atoms with Crippen molar-refractivity contribution in [3.8, 4) is 5.75 Å². The van der Waals surface area contributed by atoms with Gasteiger partial charge in [0.25, 0.3) is 11.1 Å². The van der Waals surface area contributed by atoms with E-state index < -0.39 is 17.0 Å². The first-order valence-electron chi connectivity index (χ1n) is 9.67. The molecule has 33 heavy (non-hydrogen) atoms. The van der Waals surface area contributed by atoms with Gasteiger partial charge >= 0.3 is 0 Å². The van der Waals surface area contributed by atoms with E-state index in [1.807, 2.05) is 18.2 Å². The van der Waals surface area contributed by atoms with Crippen LogP contribution in [0.5, 0.6) is 5.75 Å². The van der Waals surface area contributed by atoms with Gasteiger partial charge in [-0.05, 0) is 65.9 Å². The van der Waals surface area contributed by atoms with Crippen molar-refractivity contribution in [2.24, 2.45) is 0 Å². The number of nitrogens with zero attached hydrogens (tertiary/aromatic N) is 1. The van der Waals surface area contributed by atoms with E-state index in [9.17, 15) is 14.0 Å². The molecule has 3 aromatic rings. The Balaban J connectivity index is 1.57. The van der Waals surface area contributed by atoms with Gasteiger partial charge < -0.3 is 4.74 Å². The van der Waals surface area contributed by atoms with Crippen LogP contribution in [-0.4, -0.2) is 16.0 Å². The number of hydrogen-bond acceptors (Lipinski definition) is 4. The van der Waals surface area contributed by atoms with Crippen LogP contribution in [0, 0.1) is 5.82 Å². The zero-order valence-corrected chi connectivity index (χ0v) is 20.8. The van der Waals surface area contributed by atoms with Crippen molar-refractivity contribution in [1.29, 1.82) is 0 Å². The van der Waals surface area contributed by atoms with Crippen molar-refractivity contribution < 1.29 is 18.7 Å².